The minimum Gasteiger partial charge on any atom is -0.478 e. The molecule has 0 spiro atoms. The fourth-order valence-electron chi connectivity index (χ4n) is 2.41. The Balaban J connectivity index is 1.67. The highest BCUT2D eigenvalue weighted by atomic mass is 35.5. The van der Waals surface area contributed by atoms with Gasteiger partial charge in [0.1, 0.15) is 17.2 Å². The number of rotatable bonds is 7. The first kappa shape index (κ1) is 17.8. The Morgan fingerprint density at radius 1 is 0.885 bits per heavy atom. The average Bonchev–Trinajstić information content (AvgIpc) is 2.65. The quantitative estimate of drug-likeness (QED) is 0.622. The molecule has 0 saturated carbocycles. The van der Waals surface area contributed by atoms with Crippen LogP contribution in [0.5, 0.6) is 17.2 Å². The standard InChI is InChI=1S/C21H17ClO4/c22-18-8-4-5-9-19(18)26-20(21(23)24)14-15-10-12-17(13-11-15)25-16-6-2-1-3-7-16/h1-13,20H,14H2,(H,23,24)/t20-/m1/s1. The van der Waals surface area contributed by atoms with Crippen molar-refractivity contribution in [3.63, 3.8) is 0 Å². The first-order chi connectivity index (χ1) is 12.6. The van der Waals surface area contributed by atoms with Crippen LogP contribution >= 0.6 is 11.6 Å². The number of aliphatic carboxylic acids is 1. The maximum absolute atomic E-state index is 11.5. The van der Waals surface area contributed by atoms with Gasteiger partial charge in [0.15, 0.2) is 6.10 Å². The monoisotopic (exact) mass is 368 g/mol. The van der Waals surface area contributed by atoms with Gasteiger partial charge in [-0.2, -0.15) is 0 Å². The lowest BCUT2D eigenvalue weighted by Gasteiger charge is -2.16. The van der Waals surface area contributed by atoms with Gasteiger partial charge in [0, 0.05) is 6.42 Å². The number of ether oxygens (including phenoxy) is 2. The zero-order valence-electron chi connectivity index (χ0n) is 13.8. The van der Waals surface area contributed by atoms with E-state index < -0.39 is 12.1 Å². The van der Waals surface area contributed by atoms with Gasteiger partial charge in [-0.05, 0) is 42.0 Å². The van der Waals surface area contributed by atoms with E-state index in [2.05, 4.69) is 0 Å². The van der Waals surface area contributed by atoms with Crippen LogP contribution in [0.2, 0.25) is 5.02 Å². The largest absolute Gasteiger partial charge is 0.478 e. The molecule has 0 unspecified atom stereocenters. The van der Waals surface area contributed by atoms with Crippen LogP contribution in [0.4, 0.5) is 0 Å². The van der Waals surface area contributed by atoms with E-state index in [1.807, 2.05) is 42.5 Å². The predicted molar refractivity (Wildman–Crippen MR) is 100 cm³/mol. The van der Waals surface area contributed by atoms with Gasteiger partial charge in [0.25, 0.3) is 0 Å². The number of benzene rings is 3. The zero-order chi connectivity index (χ0) is 18.4. The summed E-state index contributed by atoms with van der Waals surface area (Å²) in [7, 11) is 0. The van der Waals surface area contributed by atoms with Gasteiger partial charge in [-0.3, -0.25) is 0 Å². The molecule has 0 aromatic heterocycles. The summed E-state index contributed by atoms with van der Waals surface area (Å²) in [6, 6.07) is 23.5. The molecule has 0 amide bonds. The summed E-state index contributed by atoms with van der Waals surface area (Å²) in [5.41, 5.74) is 0.824. The van der Waals surface area contributed by atoms with E-state index >= 15 is 0 Å². The van der Waals surface area contributed by atoms with Gasteiger partial charge in [0.05, 0.1) is 5.02 Å². The molecule has 3 aromatic carbocycles. The molecule has 0 fully saturated rings. The van der Waals surface area contributed by atoms with E-state index in [1.54, 1.807) is 36.4 Å². The van der Waals surface area contributed by atoms with Gasteiger partial charge >= 0.3 is 5.97 Å². The lowest BCUT2D eigenvalue weighted by atomic mass is 10.1. The molecule has 0 heterocycles. The fourth-order valence-corrected chi connectivity index (χ4v) is 2.59. The fraction of sp³-hybridized carbons (Fsp3) is 0.0952. The second-order valence-electron chi connectivity index (χ2n) is 5.64. The lowest BCUT2D eigenvalue weighted by molar-refractivity contribution is -0.145. The molecule has 0 bridgehead atoms. The molecule has 0 aliphatic rings. The van der Waals surface area contributed by atoms with Crippen LogP contribution in [-0.2, 0) is 11.2 Å². The highest BCUT2D eigenvalue weighted by Crippen LogP contribution is 2.26. The molecule has 0 saturated heterocycles. The van der Waals surface area contributed by atoms with Gasteiger partial charge in [0.2, 0.25) is 0 Å². The van der Waals surface area contributed by atoms with Crippen LogP contribution in [0.15, 0.2) is 78.9 Å². The summed E-state index contributed by atoms with van der Waals surface area (Å²) in [6.07, 6.45) is -0.817. The first-order valence-electron chi connectivity index (χ1n) is 8.07. The summed E-state index contributed by atoms with van der Waals surface area (Å²) >= 11 is 6.04. The maximum atomic E-state index is 11.5. The van der Waals surface area contributed by atoms with Crippen LogP contribution in [0.1, 0.15) is 5.56 Å². The minimum atomic E-state index is -1.05. The smallest absolute Gasteiger partial charge is 0.345 e. The number of carboxylic acids is 1. The molecule has 4 nitrogen and oxygen atoms in total. The Morgan fingerprint density at radius 3 is 2.15 bits per heavy atom. The van der Waals surface area contributed by atoms with E-state index in [0.717, 1.165) is 11.3 Å². The molecule has 3 aromatic rings. The van der Waals surface area contributed by atoms with Crippen molar-refractivity contribution >= 4 is 17.6 Å². The van der Waals surface area contributed by atoms with E-state index in [-0.39, 0.29) is 6.42 Å². The molecular formula is C21H17ClO4. The third kappa shape index (κ3) is 4.77. The number of halogens is 1. The molecule has 0 radical (unpaired) electrons. The second kappa shape index (κ2) is 8.41. The summed E-state index contributed by atoms with van der Waals surface area (Å²) in [6.45, 7) is 0. The molecule has 0 aliphatic carbocycles. The Bertz CT molecular complexity index is 863. The minimum absolute atomic E-state index is 0.214. The van der Waals surface area contributed by atoms with Crippen molar-refractivity contribution in [2.45, 2.75) is 12.5 Å². The summed E-state index contributed by atoms with van der Waals surface area (Å²) in [5, 5.41) is 9.82. The maximum Gasteiger partial charge on any atom is 0.345 e. The molecule has 1 atom stereocenters. The van der Waals surface area contributed by atoms with Gasteiger partial charge in [-0.1, -0.05) is 54.1 Å². The van der Waals surface area contributed by atoms with Crippen molar-refractivity contribution in [2.75, 3.05) is 0 Å². The van der Waals surface area contributed by atoms with E-state index in [9.17, 15) is 9.90 Å². The number of carboxylic acid groups (broad SMARTS) is 1. The van der Waals surface area contributed by atoms with Crippen molar-refractivity contribution in [3.05, 3.63) is 89.4 Å². The van der Waals surface area contributed by atoms with Crippen LogP contribution in [0.3, 0.4) is 0 Å². The van der Waals surface area contributed by atoms with Gasteiger partial charge in [-0.25, -0.2) is 4.79 Å². The lowest BCUT2D eigenvalue weighted by Crippen LogP contribution is -2.29. The van der Waals surface area contributed by atoms with E-state index in [4.69, 9.17) is 21.1 Å². The number of para-hydroxylation sites is 2. The third-order valence-corrected chi connectivity index (χ3v) is 4.02. The van der Waals surface area contributed by atoms with Crippen molar-refractivity contribution < 1.29 is 19.4 Å². The normalized spacial score (nSPS) is 11.6. The van der Waals surface area contributed by atoms with Crippen molar-refractivity contribution in [1.29, 1.82) is 0 Å². The van der Waals surface area contributed by atoms with Crippen LogP contribution < -0.4 is 9.47 Å². The highest BCUT2D eigenvalue weighted by Gasteiger charge is 2.21. The van der Waals surface area contributed by atoms with Crippen molar-refractivity contribution in [3.8, 4) is 17.2 Å². The Morgan fingerprint density at radius 2 is 1.50 bits per heavy atom. The van der Waals surface area contributed by atoms with Crippen molar-refractivity contribution in [1.82, 2.24) is 0 Å². The van der Waals surface area contributed by atoms with Crippen molar-refractivity contribution in [2.24, 2.45) is 0 Å². The Hall–Kier alpha value is -2.98. The van der Waals surface area contributed by atoms with Crippen LogP contribution in [0.25, 0.3) is 0 Å². The summed E-state index contributed by atoms with van der Waals surface area (Å²) in [4.78, 5) is 11.5. The zero-order valence-corrected chi connectivity index (χ0v) is 14.6. The molecule has 26 heavy (non-hydrogen) atoms. The number of carbonyl (C=O) groups is 1. The van der Waals surface area contributed by atoms with Crippen LogP contribution in [0, 0.1) is 0 Å². The number of hydrogen-bond acceptors (Lipinski definition) is 3. The first-order valence-corrected chi connectivity index (χ1v) is 8.45. The molecule has 3 rings (SSSR count). The van der Waals surface area contributed by atoms with E-state index in [1.165, 1.54) is 0 Å². The Kier molecular flexibility index (Phi) is 5.77. The average molecular weight is 369 g/mol. The highest BCUT2D eigenvalue weighted by molar-refractivity contribution is 6.32. The number of hydrogen-bond donors (Lipinski definition) is 1. The molecule has 5 heteroatoms. The molecule has 1 N–H and O–H groups in total. The van der Waals surface area contributed by atoms with Gasteiger partial charge in [-0.15, -0.1) is 0 Å². The summed E-state index contributed by atoms with van der Waals surface area (Å²) < 4.78 is 11.3. The predicted octanol–water partition coefficient (Wildman–Crippen LogP) is 5.21. The second-order valence-corrected chi connectivity index (χ2v) is 6.05. The van der Waals surface area contributed by atoms with E-state index in [0.29, 0.717) is 16.5 Å². The molecular weight excluding hydrogens is 352 g/mol. The SMILES string of the molecule is O=C(O)[C@@H](Cc1ccc(Oc2ccccc2)cc1)Oc1ccccc1Cl. The topological polar surface area (TPSA) is 55.8 Å². The summed E-state index contributed by atoms with van der Waals surface area (Å²) in [5.74, 6) is 0.727. The Labute approximate surface area is 156 Å². The van der Waals surface area contributed by atoms with Gasteiger partial charge < -0.3 is 14.6 Å². The van der Waals surface area contributed by atoms with Crippen LogP contribution in [-0.4, -0.2) is 17.2 Å². The molecule has 0 aliphatic heterocycles. The third-order valence-electron chi connectivity index (χ3n) is 3.70. The molecule has 132 valence electrons.